The molecule has 2 N–H and O–H groups in total. The van der Waals surface area contributed by atoms with Crippen molar-refractivity contribution in [2.24, 2.45) is 0 Å². The second-order valence-corrected chi connectivity index (χ2v) is 4.92. The van der Waals surface area contributed by atoms with Gasteiger partial charge in [-0.15, -0.1) is 0 Å². The summed E-state index contributed by atoms with van der Waals surface area (Å²) in [6.45, 7) is 7.33. The molecule has 0 fully saturated rings. The summed E-state index contributed by atoms with van der Waals surface area (Å²) in [6.07, 6.45) is 0.554. The summed E-state index contributed by atoms with van der Waals surface area (Å²) in [4.78, 5) is 22.5. The minimum Gasteiger partial charge on any atom is -0.491 e. The highest BCUT2D eigenvalue weighted by atomic mass is 16.5. The molecule has 6 heteroatoms. The first-order chi connectivity index (χ1) is 10.4. The van der Waals surface area contributed by atoms with Gasteiger partial charge in [-0.1, -0.05) is 24.8 Å². The van der Waals surface area contributed by atoms with Crippen molar-refractivity contribution >= 4 is 12.1 Å². The number of benzene rings is 1. The summed E-state index contributed by atoms with van der Waals surface area (Å²) in [6, 6.07) is 6.24. The number of amides is 1. The number of alkyl carbamates (subject to hydrolysis) is 1. The number of carboxylic acids is 1. The van der Waals surface area contributed by atoms with Crippen molar-refractivity contribution in [2.45, 2.75) is 32.4 Å². The summed E-state index contributed by atoms with van der Waals surface area (Å²) in [5.41, 5.74) is 0.661. The molecule has 1 amide bonds. The van der Waals surface area contributed by atoms with E-state index in [-0.39, 0.29) is 19.1 Å². The molecule has 1 aromatic carbocycles. The predicted molar refractivity (Wildman–Crippen MR) is 81.9 cm³/mol. The Hall–Kier alpha value is -2.50. The maximum Gasteiger partial charge on any atom is 0.407 e. The van der Waals surface area contributed by atoms with Gasteiger partial charge in [0.15, 0.2) is 0 Å². The van der Waals surface area contributed by atoms with E-state index >= 15 is 0 Å². The molecule has 0 bridgehead atoms. The van der Waals surface area contributed by atoms with Crippen molar-refractivity contribution in [3.63, 3.8) is 0 Å². The third-order valence-electron chi connectivity index (χ3n) is 2.66. The van der Waals surface area contributed by atoms with Crippen molar-refractivity contribution in [3.8, 4) is 5.75 Å². The van der Waals surface area contributed by atoms with Crippen molar-refractivity contribution in [1.82, 2.24) is 5.32 Å². The maximum atomic E-state index is 11.6. The van der Waals surface area contributed by atoms with Crippen LogP contribution in [0.15, 0.2) is 36.9 Å². The van der Waals surface area contributed by atoms with E-state index in [1.54, 1.807) is 24.3 Å². The van der Waals surface area contributed by atoms with E-state index in [1.807, 2.05) is 13.8 Å². The van der Waals surface area contributed by atoms with Crippen LogP contribution >= 0.6 is 0 Å². The van der Waals surface area contributed by atoms with Gasteiger partial charge in [-0.3, -0.25) is 4.79 Å². The molecule has 0 heterocycles. The fraction of sp³-hybridized carbons (Fsp3) is 0.375. The lowest BCUT2D eigenvalue weighted by Gasteiger charge is -2.18. The van der Waals surface area contributed by atoms with Gasteiger partial charge < -0.3 is 19.9 Å². The first-order valence-electron chi connectivity index (χ1n) is 6.95. The van der Waals surface area contributed by atoms with Crippen LogP contribution in [-0.2, 0) is 9.53 Å². The lowest BCUT2D eigenvalue weighted by Crippen LogP contribution is -2.30. The number of carbonyl (C=O) groups excluding carboxylic acids is 1. The van der Waals surface area contributed by atoms with E-state index in [1.165, 1.54) is 6.08 Å². The Bertz CT molecular complexity index is 510. The van der Waals surface area contributed by atoms with Gasteiger partial charge in [-0.2, -0.15) is 0 Å². The zero-order valence-electron chi connectivity index (χ0n) is 12.7. The molecule has 1 aromatic rings. The van der Waals surface area contributed by atoms with Crippen LogP contribution in [0.25, 0.3) is 0 Å². The molecule has 0 aliphatic rings. The average Bonchev–Trinajstić information content (AvgIpc) is 2.44. The van der Waals surface area contributed by atoms with Crippen LogP contribution in [0.5, 0.6) is 5.75 Å². The Kier molecular flexibility index (Phi) is 6.95. The third-order valence-corrected chi connectivity index (χ3v) is 2.66. The number of rotatable bonds is 8. The second-order valence-electron chi connectivity index (χ2n) is 4.92. The SMILES string of the molecule is C=CCOC(=O)NC(CC(=O)O)c1ccc(OC(C)C)cc1. The minimum atomic E-state index is -1.02. The van der Waals surface area contributed by atoms with Gasteiger partial charge in [0.1, 0.15) is 12.4 Å². The van der Waals surface area contributed by atoms with E-state index in [4.69, 9.17) is 14.6 Å². The highest BCUT2D eigenvalue weighted by Crippen LogP contribution is 2.21. The van der Waals surface area contributed by atoms with Crippen LogP contribution in [0.1, 0.15) is 31.9 Å². The third kappa shape index (κ3) is 6.30. The topological polar surface area (TPSA) is 84.9 Å². The van der Waals surface area contributed by atoms with E-state index in [0.717, 1.165) is 0 Å². The van der Waals surface area contributed by atoms with Crippen LogP contribution in [0.3, 0.4) is 0 Å². The average molecular weight is 307 g/mol. The van der Waals surface area contributed by atoms with E-state index in [0.29, 0.717) is 11.3 Å². The van der Waals surface area contributed by atoms with Crippen molar-refractivity contribution in [1.29, 1.82) is 0 Å². The first-order valence-corrected chi connectivity index (χ1v) is 6.95. The van der Waals surface area contributed by atoms with Crippen LogP contribution < -0.4 is 10.1 Å². The van der Waals surface area contributed by atoms with Crippen molar-refractivity contribution < 1.29 is 24.2 Å². The Morgan fingerprint density at radius 2 is 1.95 bits per heavy atom. The number of ether oxygens (including phenoxy) is 2. The van der Waals surface area contributed by atoms with Crippen LogP contribution in [0, 0.1) is 0 Å². The normalized spacial score (nSPS) is 11.6. The Morgan fingerprint density at radius 3 is 2.45 bits per heavy atom. The molecule has 1 rings (SSSR count). The lowest BCUT2D eigenvalue weighted by molar-refractivity contribution is -0.137. The molecular formula is C16H21NO5. The zero-order chi connectivity index (χ0) is 16.5. The number of hydrogen-bond donors (Lipinski definition) is 2. The fourth-order valence-corrected chi connectivity index (χ4v) is 1.80. The quantitative estimate of drug-likeness (QED) is 0.721. The Labute approximate surface area is 129 Å². The van der Waals surface area contributed by atoms with Crippen molar-refractivity contribution in [2.75, 3.05) is 6.61 Å². The molecule has 1 atom stereocenters. The Balaban J connectivity index is 2.80. The monoisotopic (exact) mass is 307 g/mol. The maximum absolute atomic E-state index is 11.6. The van der Waals surface area contributed by atoms with E-state index in [2.05, 4.69) is 11.9 Å². The molecule has 0 aliphatic carbocycles. The van der Waals surface area contributed by atoms with Gasteiger partial charge in [0.2, 0.25) is 0 Å². The molecule has 120 valence electrons. The standard InChI is InChI=1S/C16H21NO5/c1-4-9-21-16(20)17-14(10-15(18)19)12-5-7-13(8-6-12)22-11(2)3/h4-8,11,14H,1,9-10H2,2-3H3,(H,17,20)(H,18,19). The van der Waals surface area contributed by atoms with Crippen LogP contribution in [-0.4, -0.2) is 29.9 Å². The molecule has 0 saturated heterocycles. The van der Waals surface area contributed by atoms with Gasteiger partial charge in [0.05, 0.1) is 18.6 Å². The highest BCUT2D eigenvalue weighted by Gasteiger charge is 2.18. The van der Waals surface area contributed by atoms with Gasteiger partial charge in [-0.25, -0.2) is 4.79 Å². The largest absolute Gasteiger partial charge is 0.491 e. The molecule has 22 heavy (non-hydrogen) atoms. The number of nitrogens with one attached hydrogen (secondary N) is 1. The smallest absolute Gasteiger partial charge is 0.407 e. The molecule has 0 spiro atoms. The van der Waals surface area contributed by atoms with Crippen LogP contribution in [0.4, 0.5) is 4.79 Å². The molecule has 1 unspecified atom stereocenters. The van der Waals surface area contributed by atoms with Gasteiger partial charge in [-0.05, 0) is 31.5 Å². The number of aliphatic carboxylic acids is 1. The Morgan fingerprint density at radius 1 is 1.32 bits per heavy atom. The molecule has 0 radical (unpaired) electrons. The minimum absolute atomic E-state index is 0.0488. The number of hydrogen-bond acceptors (Lipinski definition) is 4. The van der Waals surface area contributed by atoms with Gasteiger partial charge >= 0.3 is 12.1 Å². The summed E-state index contributed by atoms with van der Waals surface area (Å²) in [5.74, 6) is -0.335. The summed E-state index contributed by atoms with van der Waals surface area (Å²) >= 11 is 0. The summed E-state index contributed by atoms with van der Waals surface area (Å²) in [7, 11) is 0. The predicted octanol–water partition coefficient (Wildman–Crippen LogP) is 2.90. The van der Waals surface area contributed by atoms with E-state index in [9.17, 15) is 9.59 Å². The molecular weight excluding hydrogens is 286 g/mol. The molecule has 0 aliphatic heterocycles. The summed E-state index contributed by atoms with van der Waals surface area (Å²) < 4.78 is 10.3. The molecule has 0 aromatic heterocycles. The number of carboxylic acid groups (broad SMARTS) is 1. The molecule has 0 saturated carbocycles. The fourth-order valence-electron chi connectivity index (χ4n) is 1.80. The van der Waals surface area contributed by atoms with Crippen LogP contribution in [0.2, 0.25) is 0 Å². The summed E-state index contributed by atoms with van der Waals surface area (Å²) in [5, 5.41) is 11.5. The van der Waals surface area contributed by atoms with Gasteiger partial charge in [0.25, 0.3) is 0 Å². The lowest BCUT2D eigenvalue weighted by atomic mass is 10.0. The van der Waals surface area contributed by atoms with Crippen molar-refractivity contribution in [3.05, 3.63) is 42.5 Å². The molecule has 6 nitrogen and oxygen atoms in total. The first kappa shape index (κ1) is 17.6. The zero-order valence-corrected chi connectivity index (χ0v) is 12.7. The highest BCUT2D eigenvalue weighted by molar-refractivity contribution is 5.72. The second kappa shape index (κ2) is 8.71. The number of carbonyl (C=O) groups is 2. The van der Waals surface area contributed by atoms with E-state index < -0.39 is 18.1 Å². The van der Waals surface area contributed by atoms with Gasteiger partial charge in [0, 0.05) is 0 Å².